The molecule has 0 aliphatic carbocycles. The Bertz CT molecular complexity index is 416. The van der Waals surface area contributed by atoms with Crippen LogP contribution < -0.4 is 0 Å². The summed E-state index contributed by atoms with van der Waals surface area (Å²) in [4.78, 5) is 2.65. The Hall–Kier alpha value is -0.860. The zero-order valence-electron chi connectivity index (χ0n) is 11.5. The van der Waals surface area contributed by atoms with Crippen LogP contribution in [0.4, 0.5) is 0 Å². The molecule has 0 aromatic heterocycles. The summed E-state index contributed by atoms with van der Waals surface area (Å²) in [5.74, 6) is -0.233. The number of hydrogen-bond donors (Lipinski definition) is 1. The fourth-order valence-corrected chi connectivity index (χ4v) is 3.61. The van der Waals surface area contributed by atoms with Crippen LogP contribution in [0.1, 0.15) is 25.7 Å². The van der Waals surface area contributed by atoms with Gasteiger partial charge in [-0.25, -0.2) is 8.42 Å². The Kier molecular flexibility index (Phi) is 7.86. The molecule has 1 rings (SSSR count). The maximum Gasteiger partial charge on any atom is 0.216 e. The molecule has 1 aliphatic heterocycles. The van der Waals surface area contributed by atoms with E-state index in [2.05, 4.69) is 10.0 Å². The van der Waals surface area contributed by atoms with E-state index in [0.29, 0.717) is 39.3 Å². The molecule has 0 aromatic carbocycles. The molecule has 1 saturated heterocycles. The van der Waals surface area contributed by atoms with Crippen LogP contribution in [0.3, 0.4) is 0 Å². The number of unbranched alkanes of at least 4 members (excludes halogenated alkanes) is 2. The average Bonchev–Trinajstić information content (AvgIpc) is 2.43. The summed E-state index contributed by atoms with van der Waals surface area (Å²) in [5.41, 5.74) is 8.10. The third-order valence-electron chi connectivity index (χ3n) is 3.13. The normalized spacial score (nSPS) is 18.4. The number of nitrogens with zero attached hydrogens (tertiary/aromatic N) is 4. The Labute approximate surface area is 119 Å². The predicted molar refractivity (Wildman–Crippen MR) is 74.7 cm³/mol. The van der Waals surface area contributed by atoms with Crippen LogP contribution in [-0.4, -0.2) is 62.5 Å². The summed E-state index contributed by atoms with van der Waals surface area (Å²) in [5, 5.41) is 13.2. The number of ether oxygens (including phenoxy) is 1. The molecular formula is C11H22N4O4S. The minimum absolute atomic E-state index is 0.233. The molecule has 1 aliphatic rings. The van der Waals surface area contributed by atoms with Crippen molar-refractivity contribution in [2.24, 2.45) is 5.11 Å². The fourth-order valence-electron chi connectivity index (χ4n) is 2.04. The molecule has 0 saturated carbocycles. The van der Waals surface area contributed by atoms with Crippen molar-refractivity contribution in [2.75, 3.05) is 38.6 Å². The summed E-state index contributed by atoms with van der Waals surface area (Å²) in [7, 11) is -3.40. The minimum atomic E-state index is -3.40. The van der Waals surface area contributed by atoms with Crippen molar-refractivity contribution in [1.82, 2.24) is 4.31 Å². The van der Waals surface area contributed by atoms with Crippen LogP contribution in [0.5, 0.6) is 0 Å². The van der Waals surface area contributed by atoms with Gasteiger partial charge in [-0.1, -0.05) is 18.0 Å². The molecule has 1 atom stereocenters. The molecule has 0 amide bonds. The summed E-state index contributed by atoms with van der Waals surface area (Å²) in [6.45, 7) is 1.99. The van der Waals surface area contributed by atoms with Gasteiger partial charge in [0.05, 0.1) is 25.1 Å². The summed E-state index contributed by atoms with van der Waals surface area (Å²) >= 11 is 0. The lowest BCUT2D eigenvalue weighted by molar-refractivity contribution is 0.0722. The summed E-state index contributed by atoms with van der Waals surface area (Å²) < 4.78 is 30.5. The Morgan fingerprint density at radius 3 is 2.65 bits per heavy atom. The van der Waals surface area contributed by atoms with Crippen molar-refractivity contribution in [3.63, 3.8) is 0 Å². The van der Waals surface area contributed by atoms with E-state index in [1.54, 1.807) is 0 Å². The number of aliphatic hydroxyl groups is 1. The first kappa shape index (κ1) is 17.2. The van der Waals surface area contributed by atoms with E-state index in [-0.39, 0.29) is 5.75 Å². The van der Waals surface area contributed by atoms with Crippen molar-refractivity contribution in [2.45, 2.75) is 31.8 Å². The smallest absolute Gasteiger partial charge is 0.216 e. The van der Waals surface area contributed by atoms with Gasteiger partial charge >= 0.3 is 0 Å². The lowest BCUT2D eigenvalue weighted by atomic mass is 10.1. The molecule has 8 nitrogen and oxygen atoms in total. The predicted octanol–water partition coefficient (Wildman–Crippen LogP) is 0.880. The maximum atomic E-state index is 12.0. The molecule has 20 heavy (non-hydrogen) atoms. The van der Waals surface area contributed by atoms with Gasteiger partial charge in [-0.3, -0.25) is 0 Å². The van der Waals surface area contributed by atoms with Crippen LogP contribution in [0, 0.1) is 0 Å². The molecular weight excluding hydrogens is 284 g/mol. The largest absolute Gasteiger partial charge is 0.392 e. The highest BCUT2D eigenvalue weighted by Crippen LogP contribution is 2.11. The topological polar surface area (TPSA) is 116 Å². The van der Waals surface area contributed by atoms with Crippen molar-refractivity contribution >= 4 is 10.0 Å². The lowest BCUT2D eigenvalue weighted by Gasteiger charge is -2.27. The third kappa shape index (κ3) is 6.53. The molecule has 9 heteroatoms. The maximum absolute atomic E-state index is 12.0. The standard InChI is InChI=1S/C11H22N4O4S/c12-14-13-5-3-1-2-4-11(16)10-20(17,18)15-6-8-19-9-7-15/h11,16H,1-10H2. The Morgan fingerprint density at radius 2 is 2.00 bits per heavy atom. The van der Waals surface area contributed by atoms with Crippen LogP contribution >= 0.6 is 0 Å². The molecule has 0 bridgehead atoms. The monoisotopic (exact) mass is 306 g/mol. The number of rotatable bonds is 9. The van der Waals surface area contributed by atoms with E-state index in [1.165, 1.54) is 4.31 Å². The van der Waals surface area contributed by atoms with Gasteiger partial charge in [0.2, 0.25) is 10.0 Å². The number of sulfonamides is 1. The van der Waals surface area contributed by atoms with Gasteiger partial charge < -0.3 is 9.84 Å². The van der Waals surface area contributed by atoms with Crippen molar-refractivity contribution < 1.29 is 18.3 Å². The summed E-state index contributed by atoms with van der Waals surface area (Å²) in [6.07, 6.45) is 1.89. The second-order valence-corrected chi connectivity index (χ2v) is 6.76. The first-order chi connectivity index (χ1) is 9.56. The molecule has 116 valence electrons. The first-order valence-electron chi connectivity index (χ1n) is 6.81. The van der Waals surface area contributed by atoms with Gasteiger partial charge in [-0.15, -0.1) is 0 Å². The molecule has 0 radical (unpaired) electrons. The molecule has 1 unspecified atom stereocenters. The van der Waals surface area contributed by atoms with E-state index < -0.39 is 16.1 Å². The average molecular weight is 306 g/mol. The van der Waals surface area contributed by atoms with Crippen LogP contribution in [-0.2, 0) is 14.8 Å². The van der Waals surface area contributed by atoms with E-state index >= 15 is 0 Å². The van der Waals surface area contributed by atoms with Gasteiger partial charge in [0.1, 0.15) is 0 Å². The highest BCUT2D eigenvalue weighted by Gasteiger charge is 2.26. The number of aliphatic hydroxyl groups excluding tert-OH is 1. The van der Waals surface area contributed by atoms with Gasteiger partial charge in [-0.05, 0) is 18.4 Å². The van der Waals surface area contributed by atoms with E-state index in [4.69, 9.17) is 10.3 Å². The lowest BCUT2D eigenvalue weighted by Crippen LogP contribution is -2.43. The second-order valence-electron chi connectivity index (χ2n) is 4.75. The zero-order chi connectivity index (χ0) is 14.8. The van der Waals surface area contributed by atoms with Crippen LogP contribution in [0.25, 0.3) is 10.4 Å². The van der Waals surface area contributed by atoms with Gasteiger partial charge in [0.25, 0.3) is 0 Å². The quantitative estimate of drug-likeness (QED) is 0.294. The van der Waals surface area contributed by atoms with E-state index in [0.717, 1.165) is 19.3 Å². The molecule has 1 N–H and O–H groups in total. The van der Waals surface area contributed by atoms with Crippen molar-refractivity contribution in [1.29, 1.82) is 0 Å². The minimum Gasteiger partial charge on any atom is -0.392 e. The van der Waals surface area contributed by atoms with Gasteiger partial charge in [0, 0.05) is 24.5 Å². The Morgan fingerprint density at radius 1 is 1.30 bits per heavy atom. The number of hydrogen-bond acceptors (Lipinski definition) is 5. The highest BCUT2D eigenvalue weighted by molar-refractivity contribution is 7.89. The highest BCUT2D eigenvalue weighted by atomic mass is 32.2. The first-order valence-corrected chi connectivity index (χ1v) is 8.41. The second kappa shape index (κ2) is 9.15. The third-order valence-corrected chi connectivity index (χ3v) is 5.08. The molecule has 0 spiro atoms. The number of morpholine rings is 1. The molecule has 1 fully saturated rings. The van der Waals surface area contributed by atoms with Crippen molar-refractivity contribution in [3.05, 3.63) is 10.4 Å². The van der Waals surface area contributed by atoms with Gasteiger partial charge in [-0.2, -0.15) is 4.31 Å². The van der Waals surface area contributed by atoms with E-state index in [1.807, 2.05) is 0 Å². The SMILES string of the molecule is [N-]=[N+]=NCCCCCC(O)CS(=O)(=O)N1CCOCC1. The molecule has 1 heterocycles. The van der Waals surface area contributed by atoms with Crippen LogP contribution in [0.2, 0.25) is 0 Å². The zero-order valence-corrected chi connectivity index (χ0v) is 12.3. The van der Waals surface area contributed by atoms with Gasteiger partial charge in [0.15, 0.2) is 0 Å². The van der Waals surface area contributed by atoms with Crippen molar-refractivity contribution in [3.8, 4) is 0 Å². The van der Waals surface area contributed by atoms with E-state index in [9.17, 15) is 13.5 Å². The number of azide groups is 1. The fraction of sp³-hybridized carbons (Fsp3) is 1.00. The Balaban J connectivity index is 2.22. The van der Waals surface area contributed by atoms with Crippen LogP contribution in [0.15, 0.2) is 5.11 Å². The molecule has 0 aromatic rings. The summed E-state index contributed by atoms with van der Waals surface area (Å²) in [6, 6.07) is 0.